The summed E-state index contributed by atoms with van der Waals surface area (Å²) in [4.78, 5) is 27.8. The van der Waals surface area contributed by atoms with Crippen LogP contribution in [0.3, 0.4) is 0 Å². The minimum absolute atomic E-state index is 0.0841. The summed E-state index contributed by atoms with van der Waals surface area (Å²) in [6.45, 7) is 5.74. The average Bonchev–Trinajstić information content (AvgIpc) is 2.78. The maximum atomic E-state index is 12.2. The van der Waals surface area contributed by atoms with Gasteiger partial charge in [-0.1, -0.05) is 51.0 Å². The SMILES string of the molecule is CCCCN(C)C(=O)Nc1ccc(Cc2ccc(NC(=O)N(C)CCCC)cc2)cc1. The fraction of sp³-hybridized carbons (Fsp3) is 0.440. The van der Waals surface area contributed by atoms with Crippen molar-refractivity contribution in [3.63, 3.8) is 0 Å². The van der Waals surface area contributed by atoms with E-state index in [0.29, 0.717) is 0 Å². The molecule has 168 valence electrons. The largest absolute Gasteiger partial charge is 0.328 e. The van der Waals surface area contributed by atoms with Gasteiger partial charge in [0.15, 0.2) is 0 Å². The molecule has 0 spiro atoms. The van der Waals surface area contributed by atoms with Gasteiger partial charge in [-0.3, -0.25) is 0 Å². The first-order valence-electron chi connectivity index (χ1n) is 11.1. The van der Waals surface area contributed by atoms with Crippen LogP contribution in [0.1, 0.15) is 50.7 Å². The fourth-order valence-corrected chi connectivity index (χ4v) is 3.08. The number of rotatable bonds is 10. The molecule has 0 heterocycles. The van der Waals surface area contributed by atoms with E-state index in [9.17, 15) is 9.59 Å². The number of nitrogens with one attached hydrogen (secondary N) is 2. The Labute approximate surface area is 186 Å². The number of carbonyl (C=O) groups is 2. The Morgan fingerprint density at radius 2 is 1.03 bits per heavy atom. The summed E-state index contributed by atoms with van der Waals surface area (Å²) in [6.07, 6.45) is 4.92. The molecular weight excluding hydrogens is 388 g/mol. The third-order valence-corrected chi connectivity index (χ3v) is 5.21. The van der Waals surface area contributed by atoms with Crippen molar-refractivity contribution in [2.24, 2.45) is 0 Å². The van der Waals surface area contributed by atoms with Crippen LogP contribution in [-0.2, 0) is 6.42 Å². The number of carbonyl (C=O) groups excluding carboxylic acids is 2. The van der Waals surface area contributed by atoms with Crippen LogP contribution in [0.5, 0.6) is 0 Å². The first-order chi connectivity index (χ1) is 14.9. The number of benzene rings is 2. The van der Waals surface area contributed by atoms with E-state index in [0.717, 1.165) is 67.7 Å². The molecule has 0 aliphatic carbocycles. The standard InChI is InChI=1S/C25H36N4O2/c1-5-7-17-28(3)24(30)26-22-13-9-20(10-14-22)19-21-11-15-23(16-12-21)27-25(31)29(4)18-8-6-2/h9-16H,5-8,17-19H2,1-4H3,(H,26,30)(H,27,31). The van der Waals surface area contributed by atoms with Gasteiger partial charge in [0, 0.05) is 38.6 Å². The molecule has 6 nitrogen and oxygen atoms in total. The fourth-order valence-electron chi connectivity index (χ4n) is 3.08. The molecule has 2 rings (SSSR count). The molecule has 0 aliphatic rings. The maximum absolute atomic E-state index is 12.2. The van der Waals surface area contributed by atoms with E-state index in [2.05, 4.69) is 24.5 Å². The first kappa shape index (κ1) is 24.3. The Morgan fingerprint density at radius 3 is 1.35 bits per heavy atom. The van der Waals surface area contributed by atoms with Crippen LogP contribution in [0.15, 0.2) is 48.5 Å². The zero-order chi connectivity index (χ0) is 22.6. The van der Waals surface area contributed by atoms with Gasteiger partial charge in [-0.15, -0.1) is 0 Å². The Kier molecular flexibility index (Phi) is 9.88. The van der Waals surface area contributed by atoms with Crippen LogP contribution < -0.4 is 10.6 Å². The van der Waals surface area contributed by atoms with E-state index in [1.54, 1.807) is 9.80 Å². The van der Waals surface area contributed by atoms with Gasteiger partial charge in [0.2, 0.25) is 0 Å². The molecule has 0 aromatic heterocycles. The molecule has 0 unspecified atom stereocenters. The second-order valence-corrected chi connectivity index (χ2v) is 7.98. The molecule has 2 aromatic carbocycles. The summed E-state index contributed by atoms with van der Waals surface area (Å²) in [5.74, 6) is 0. The number of unbranched alkanes of at least 4 members (excludes halogenated alkanes) is 2. The summed E-state index contributed by atoms with van der Waals surface area (Å²) in [5, 5.41) is 5.86. The van der Waals surface area contributed by atoms with Gasteiger partial charge >= 0.3 is 12.1 Å². The Hall–Kier alpha value is -3.02. The Morgan fingerprint density at radius 1 is 0.677 bits per heavy atom. The Bertz CT molecular complexity index is 749. The van der Waals surface area contributed by atoms with Crippen molar-refractivity contribution in [3.05, 3.63) is 59.7 Å². The van der Waals surface area contributed by atoms with E-state index in [4.69, 9.17) is 0 Å². The van der Waals surface area contributed by atoms with Crippen molar-refractivity contribution in [3.8, 4) is 0 Å². The highest BCUT2D eigenvalue weighted by molar-refractivity contribution is 5.89. The average molecular weight is 425 g/mol. The molecule has 0 radical (unpaired) electrons. The highest BCUT2D eigenvalue weighted by atomic mass is 16.2. The van der Waals surface area contributed by atoms with Gasteiger partial charge in [-0.25, -0.2) is 9.59 Å². The second-order valence-electron chi connectivity index (χ2n) is 7.98. The van der Waals surface area contributed by atoms with Crippen LogP contribution in [0.4, 0.5) is 21.0 Å². The summed E-state index contributed by atoms with van der Waals surface area (Å²) < 4.78 is 0. The number of hydrogen-bond acceptors (Lipinski definition) is 2. The van der Waals surface area contributed by atoms with Crippen molar-refractivity contribution in [2.75, 3.05) is 37.8 Å². The molecule has 0 saturated heterocycles. The molecule has 0 bridgehead atoms. The summed E-state index contributed by atoms with van der Waals surface area (Å²) in [5.41, 5.74) is 3.91. The summed E-state index contributed by atoms with van der Waals surface area (Å²) in [6, 6.07) is 15.7. The lowest BCUT2D eigenvalue weighted by atomic mass is 10.0. The topological polar surface area (TPSA) is 64.7 Å². The number of nitrogens with zero attached hydrogens (tertiary/aromatic N) is 2. The minimum Gasteiger partial charge on any atom is -0.328 e. The lowest BCUT2D eigenvalue weighted by Crippen LogP contribution is -2.32. The van der Waals surface area contributed by atoms with Gasteiger partial charge in [-0.05, 0) is 54.7 Å². The summed E-state index contributed by atoms with van der Waals surface area (Å²) >= 11 is 0. The van der Waals surface area contributed by atoms with Gasteiger partial charge in [-0.2, -0.15) is 0 Å². The van der Waals surface area contributed by atoms with E-state index in [-0.39, 0.29) is 12.1 Å². The molecule has 2 aromatic rings. The molecule has 4 amide bonds. The van der Waals surface area contributed by atoms with Crippen LogP contribution in [0.2, 0.25) is 0 Å². The van der Waals surface area contributed by atoms with Crippen LogP contribution in [-0.4, -0.2) is 49.0 Å². The predicted octanol–water partition coefficient (Wildman–Crippen LogP) is 5.81. The molecule has 31 heavy (non-hydrogen) atoms. The molecule has 0 aliphatic heterocycles. The smallest absolute Gasteiger partial charge is 0.321 e. The molecule has 0 fully saturated rings. The monoisotopic (exact) mass is 424 g/mol. The number of anilines is 2. The number of amides is 4. The van der Waals surface area contributed by atoms with E-state index in [1.165, 1.54) is 0 Å². The van der Waals surface area contributed by atoms with Crippen molar-refractivity contribution in [1.82, 2.24) is 9.80 Å². The van der Waals surface area contributed by atoms with Gasteiger partial charge in [0.1, 0.15) is 0 Å². The van der Waals surface area contributed by atoms with Crippen molar-refractivity contribution in [2.45, 2.75) is 46.0 Å². The molecule has 6 heteroatoms. The predicted molar refractivity (Wildman–Crippen MR) is 129 cm³/mol. The van der Waals surface area contributed by atoms with Gasteiger partial charge in [0.05, 0.1) is 0 Å². The zero-order valence-corrected chi connectivity index (χ0v) is 19.3. The minimum atomic E-state index is -0.0841. The van der Waals surface area contributed by atoms with Crippen LogP contribution >= 0.6 is 0 Å². The van der Waals surface area contributed by atoms with Crippen molar-refractivity contribution < 1.29 is 9.59 Å². The van der Waals surface area contributed by atoms with Crippen LogP contribution in [0.25, 0.3) is 0 Å². The Balaban J connectivity index is 1.86. The van der Waals surface area contributed by atoms with Crippen LogP contribution in [0, 0.1) is 0 Å². The zero-order valence-electron chi connectivity index (χ0n) is 19.3. The van der Waals surface area contributed by atoms with Gasteiger partial charge in [0.25, 0.3) is 0 Å². The third kappa shape index (κ3) is 8.32. The lowest BCUT2D eigenvalue weighted by molar-refractivity contribution is 0.221. The summed E-state index contributed by atoms with van der Waals surface area (Å²) in [7, 11) is 3.63. The van der Waals surface area contributed by atoms with Crippen molar-refractivity contribution in [1.29, 1.82) is 0 Å². The normalized spacial score (nSPS) is 10.5. The lowest BCUT2D eigenvalue weighted by Gasteiger charge is -2.18. The van der Waals surface area contributed by atoms with E-state index in [1.807, 2.05) is 62.6 Å². The number of hydrogen-bond donors (Lipinski definition) is 2. The van der Waals surface area contributed by atoms with Gasteiger partial charge < -0.3 is 20.4 Å². The highest BCUT2D eigenvalue weighted by Crippen LogP contribution is 2.16. The maximum Gasteiger partial charge on any atom is 0.321 e. The van der Waals surface area contributed by atoms with E-state index < -0.39 is 0 Å². The second kappa shape index (κ2) is 12.6. The highest BCUT2D eigenvalue weighted by Gasteiger charge is 2.09. The third-order valence-electron chi connectivity index (χ3n) is 5.21. The molecule has 0 saturated carbocycles. The molecule has 2 N–H and O–H groups in total. The molecular formula is C25H36N4O2. The first-order valence-corrected chi connectivity index (χ1v) is 11.1. The molecule has 0 atom stereocenters. The van der Waals surface area contributed by atoms with E-state index >= 15 is 0 Å². The van der Waals surface area contributed by atoms with Crippen molar-refractivity contribution >= 4 is 23.4 Å². The number of urea groups is 2. The quantitative estimate of drug-likeness (QED) is 0.506.